The summed E-state index contributed by atoms with van der Waals surface area (Å²) in [7, 11) is 1.67. The molecule has 2 aromatic heterocycles. The van der Waals surface area contributed by atoms with Gasteiger partial charge >= 0.3 is 0 Å². The van der Waals surface area contributed by atoms with Gasteiger partial charge < -0.3 is 9.72 Å². The molecule has 196 valence electrons. The molecule has 0 aliphatic carbocycles. The van der Waals surface area contributed by atoms with Crippen LogP contribution in [0.15, 0.2) is 47.3 Å². The topological polar surface area (TPSA) is 88.9 Å². The lowest BCUT2D eigenvalue weighted by Crippen LogP contribution is -2.36. The van der Waals surface area contributed by atoms with E-state index < -0.39 is 0 Å². The molecule has 0 amide bonds. The van der Waals surface area contributed by atoms with Crippen molar-refractivity contribution >= 4 is 10.9 Å². The zero-order valence-electron chi connectivity index (χ0n) is 23.0. The molecule has 2 aromatic carbocycles. The lowest BCUT2D eigenvalue weighted by Gasteiger charge is -2.33. The van der Waals surface area contributed by atoms with Crippen LogP contribution in [0.25, 0.3) is 10.9 Å². The second-order valence-electron chi connectivity index (χ2n) is 10.4. The molecule has 1 atom stereocenters. The molecule has 0 aliphatic rings. The highest BCUT2D eigenvalue weighted by molar-refractivity contribution is 5.83. The minimum absolute atomic E-state index is 0.0655. The van der Waals surface area contributed by atoms with E-state index in [1.807, 2.05) is 29.8 Å². The summed E-state index contributed by atoms with van der Waals surface area (Å²) in [6.45, 7) is 13.8. The van der Waals surface area contributed by atoms with Crippen molar-refractivity contribution in [3.05, 3.63) is 80.9 Å². The minimum atomic E-state index is -0.228. The second kappa shape index (κ2) is 10.8. The number of nitrogens with one attached hydrogen (secondary N) is 1. The number of benzene rings is 2. The zero-order chi connectivity index (χ0) is 26.7. The molecule has 0 saturated heterocycles. The second-order valence-corrected chi connectivity index (χ2v) is 10.4. The van der Waals surface area contributed by atoms with Gasteiger partial charge in [-0.15, -0.1) is 5.10 Å². The molecule has 0 saturated carbocycles. The van der Waals surface area contributed by atoms with Crippen LogP contribution in [0.4, 0.5) is 0 Å². The first kappa shape index (κ1) is 26.5. The first-order valence-electron chi connectivity index (χ1n) is 13.0. The van der Waals surface area contributed by atoms with Crippen molar-refractivity contribution in [1.82, 2.24) is 30.1 Å². The van der Waals surface area contributed by atoms with Gasteiger partial charge in [-0.2, -0.15) is 0 Å². The summed E-state index contributed by atoms with van der Waals surface area (Å²) < 4.78 is 7.29. The quantitative estimate of drug-likeness (QED) is 0.311. The van der Waals surface area contributed by atoms with Crippen molar-refractivity contribution in [2.24, 2.45) is 0 Å². The average Bonchev–Trinajstić information content (AvgIpc) is 3.39. The summed E-state index contributed by atoms with van der Waals surface area (Å²) in [5, 5.41) is 13.9. The summed E-state index contributed by atoms with van der Waals surface area (Å²) in [5.74, 6) is 1.62. The number of fused-ring (bicyclic) bond motifs is 1. The first-order valence-corrected chi connectivity index (χ1v) is 13.0. The Morgan fingerprint density at radius 3 is 2.46 bits per heavy atom. The summed E-state index contributed by atoms with van der Waals surface area (Å²) in [5.41, 5.74) is 4.71. The number of ether oxygens (including phenoxy) is 1. The van der Waals surface area contributed by atoms with Crippen LogP contribution in [0, 0.1) is 13.8 Å². The van der Waals surface area contributed by atoms with Gasteiger partial charge in [0.1, 0.15) is 5.75 Å². The summed E-state index contributed by atoms with van der Waals surface area (Å²) in [4.78, 5) is 18.7. The van der Waals surface area contributed by atoms with E-state index in [-0.39, 0.29) is 17.1 Å². The Hall–Kier alpha value is -3.52. The molecule has 0 fully saturated rings. The third kappa shape index (κ3) is 5.44. The number of hydrogen-bond donors (Lipinski definition) is 1. The summed E-state index contributed by atoms with van der Waals surface area (Å²) in [6.07, 6.45) is 1.68. The molecule has 1 unspecified atom stereocenters. The Kier molecular flexibility index (Phi) is 7.78. The molecule has 4 rings (SSSR count). The SMILES string of the molecule is CCC(c1nnnn1C(C)(C)CC)N(Cc1ccc(OC)cc1)Cc1cc2ccc(C)c(C)c2[nH]c1=O. The smallest absolute Gasteiger partial charge is 0.252 e. The van der Waals surface area contributed by atoms with Gasteiger partial charge in [0.2, 0.25) is 0 Å². The third-order valence-corrected chi connectivity index (χ3v) is 7.60. The minimum Gasteiger partial charge on any atom is -0.497 e. The number of pyridine rings is 1. The lowest BCUT2D eigenvalue weighted by molar-refractivity contribution is 0.150. The van der Waals surface area contributed by atoms with Crippen LogP contribution in [0.3, 0.4) is 0 Å². The monoisotopic (exact) mass is 502 g/mol. The number of aryl methyl sites for hydroxylation is 2. The van der Waals surface area contributed by atoms with Gasteiger partial charge in [-0.1, -0.05) is 38.1 Å². The molecule has 1 N–H and O–H groups in total. The van der Waals surface area contributed by atoms with E-state index in [0.717, 1.165) is 57.6 Å². The highest BCUT2D eigenvalue weighted by atomic mass is 16.5. The van der Waals surface area contributed by atoms with Crippen LogP contribution in [-0.4, -0.2) is 37.2 Å². The fraction of sp³-hybridized carbons (Fsp3) is 0.448. The molecule has 8 nitrogen and oxygen atoms in total. The molecule has 0 radical (unpaired) electrons. The van der Waals surface area contributed by atoms with Crippen molar-refractivity contribution < 1.29 is 4.74 Å². The Morgan fingerprint density at radius 2 is 1.81 bits per heavy atom. The van der Waals surface area contributed by atoms with E-state index in [9.17, 15) is 4.79 Å². The number of hydrogen-bond acceptors (Lipinski definition) is 6. The Balaban J connectivity index is 1.78. The molecular formula is C29H38N6O2. The fourth-order valence-corrected chi connectivity index (χ4v) is 4.73. The fourth-order valence-electron chi connectivity index (χ4n) is 4.73. The van der Waals surface area contributed by atoms with Gasteiger partial charge in [-0.05, 0) is 91.2 Å². The van der Waals surface area contributed by atoms with E-state index in [2.05, 4.69) is 84.3 Å². The van der Waals surface area contributed by atoms with E-state index in [4.69, 9.17) is 4.74 Å². The van der Waals surface area contributed by atoms with Crippen molar-refractivity contribution in [2.45, 2.75) is 79.1 Å². The van der Waals surface area contributed by atoms with Crippen molar-refractivity contribution in [3.63, 3.8) is 0 Å². The van der Waals surface area contributed by atoms with Gasteiger partial charge in [0, 0.05) is 18.7 Å². The predicted molar refractivity (Wildman–Crippen MR) is 147 cm³/mol. The number of rotatable bonds is 10. The van der Waals surface area contributed by atoms with Crippen molar-refractivity contribution in [2.75, 3.05) is 7.11 Å². The number of aromatic amines is 1. The van der Waals surface area contributed by atoms with E-state index in [0.29, 0.717) is 13.1 Å². The molecule has 8 heteroatoms. The number of methoxy groups -OCH3 is 1. The van der Waals surface area contributed by atoms with Gasteiger partial charge in [0.15, 0.2) is 5.82 Å². The molecule has 0 spiro atoms. The largest absolute Gasteiger partial charge is 0.497 e. The number of tetrazole rings is 1. The highest BCUT2D eigenvalue weighted by Crippen LogP contribution is 2.30. The summed E-state index contributed by atoms with van der Waals surface area (Å²) >= 11 is 0. The van der Waals surface area contributed by atoms with Crippen LogP contribution < -0.4 is 10.3 Å². The standard InChI is InChI=1S/C29H38N6O2/c1-8-25(27-31-32-33-35(27)29(5,6)9-2)34(17-21-11-14-24(37-7)15-12-21)18-23-16-22-13-10-19(3)20(4)26(22)30-28(23)36/h10-16,25H,8-9,17-18H2,1-7H3,(H,30,36). The van der Waals surface area contributed by atoms with Gasteiger partial charge in [-0.3, -0.25) is 9.69 Å². The van der Waals surface area contributed by atoms with E-state index in [1.54, 1.807) is 7.11 Å². The van der Waals surface area contributed by atoms with Crippen molar-refractivity contribution in [1.29, 1.82) is 0 Å². The molecule has 0 aliphatic heterocycles. The van der Waals surface area contributed by atoms with Crippen LogP contribution in [0.5, 0.6) is 5.75 Å². The molecule has 37 heavy (non-hydrogen) atoms. The maximum absolute atomic E-state index is 13.3. The van der Waals surface area contributed by atoms with Gasteiger partial charge in [0.25, 0.3) is 5.56 Å². The maximum atomic E-state index is 13.3. The van der Waals surface area contributed by atoms with E-state index in [1.165, 1.54) is 0 Å². The summed E-state index contributed by atoms with van der Waals surface area (Å²) in [6, 6.07) is 14.2. The molecule has 2 heterocycles. The first-order chi connectivity index (χ1) is 17.7. The predicted octanol–water partition coefficient (Wildman–Crippen LogP) is 5.44. The van der Waals surface area contributed by atoms with Gasteiger partial charge in [0.05, 0.1) is 24.2 Å². The Morgan fingerprint density at radius 1 is 1.08 bits per heavy atom. The molecular weight excluding hydrogens is 464 g/mol. The third-order valence-electron chi connectivity index (χ3n) is 7.60. The number of aromatic nitrogens is 5. The van der Waals surface area contributed by atoms with Crippen LogP contribution in [0.2, 0.25) is 0 Å². The molecule has 0 bridgehead atoms. The average molecular weight is 503 g/mol. The number of nitrogens with zero attached hydrogens (tertiary/aromatic N) is 5. The zero-order valence-corrected chi connectivity index (χ0v) is 23.0. The van der Waals surface area contributed by atoms with Gasteiger partial charge in [-0.25, -0.2) is 4.68 Å². The van der Waals surface area contributed by atoms with Crippen LogP contribution >= 0.6 is 0 Å². The normalized spacial score (nSPS) is 12.9. The van der Waals surface area contributed by atoms with E-state index >= 15 is 0 Å². The maximum Gasteiger partial charge on any atom is 0.252 e. The lowest BCUT2D eigenvalue weighted by atomic mass is 10.0. The van der Waals surface area contributed by atoms with Crippen LogP contribution in [0.1, 0.15) is 74.7 Å². The highest BCUT2D eigenvalue weighted by Gasteiger charge is 2.31. The Bertz CT molecular complexity index is 1420. The van der Waals surface area contributed by atoms with Crippen molar-refractivity contribution in [3.8, 4) is 5.75 Å². The molecule has 4 aromatic rings. The number of H-pyrrole nitrogens is 1. The van der Waals surface area contributed by atoms with Crippen LogP contribution in [-0.2, 0) is 18.6 Å². The Labute approximate surface area is 218 Å².